The van der Waals surface area contributed by atoms with Crippen molar-refractivity contribution in [3.63, 3.8) is 0 Å². The number of hydrogen-bond donors (Lipinski definition) is 1. The maximum absolute atomic E-state index is 12.9. The van der Waals surface area contributed by atoms with Crippen molar-refractivity contribution in [1.82, 2.24) is 5.32 Å². The Morgan fingerprint density at radius 2 is 1.76 bits per heavy atom. The Balaban J connectivity index is 1.82. The molecule has 0 heterocycles. The van der Waals surface area contributed by atoms with Crippen LogP contribution in [0.1, 0.15) is 39.0 Å². The van der Waals surface area contributed by atoms with Crippen molar-refractivity contribution in [2.75, 3.05) is 31.7 Å². The van der Waals surface area contributed by atoms with Crippen LogP contribution in [0.15, 0.2) is 30.3 Å². The van der Waals surface area contributed by atoms with Crippen molar-refractivity contribution in [3.8, 4) is 0 Å². The van der Waals surface area contributed by atoms with Crippen LogP contribution in [0.4, 0.5) is 5.69 Å². The van der Waals surface area contributed by atoms with E-state index in [1.807, 2.05) is 42.2 Å². The summed E-state index contributed by atoms with van der Waals surface area (Å²) in [4.78, 5) is 26.9. The van der Waals surface area contributed by atoms with E-state index in [0.29, 0.717) is 19.7 Å². The van der Waals surface area contributed by atoms with Gasteiger partial charge in [-0.25, -0.2) is 0 Å². The van der Waals surface area contributed by atoms with Crippen LogP contribution in [0.25, 0.3) is 0 Å². The number of hydrogen-bond acceptors (Lipinski definition) is 3. The number of para-hydroxylation sites is 1. The van der Waals surface area contributed by atoms with Gasteiger partial charge in [-0.05, 0) is 51.2 Å². The van der Waals surface area contributed by atoms with Crippen LogP contribution in [0.5, 0.6) is 0 Å². The molecule has 25 heavy (non-hydrogen) atoms. The molecule has 0 spiro atoms. The third kappa shape index (κ3) is 5.56. The number of anilines is 1. The van der Waals surface area contributed by atoms with E-state index in [4.69, 9.17) is 4.74 Å². The molecule has 2 amide bonds. The molecule has 0 atom stereocenters. The van der Waals surface area contributed by atoms with Gasteiger partial charge in [0.25, 0.3) is 0 Å². The van der Waals surface area contributed by atoms with Crippen molar-refractivity contribution in [2.24, 2.45) is 11.8 Å². The molecule has 0 saturated heterocycles. The van der Waals surface area contributed by atoms with Crippen molar-refractivity contribution in [3.05, 3.63) is 30.3 Å². The Labute approximate surface area is 150 Å². The number of amides is 2. The number of carbonyl (C=O) groups is 2. The standard InChI is InChI=1S/C20H30N2O3/c1-3-22(18-8-5-4-6-9-18)20(24)17-12-10-16(11-13-17)19(23)21-14-7-15-25-2/h4-6,8-9,16-17H,3,7,10-15H2,1-2H3,(H,21,23). The first-order valence-electron chi connectivity index (χ1n) is 9.30. The second-order valence-electron chi connectivity index (χ2n) is 6.60. The van der Waals surface area contributed by atoms with Gasteiger partial charge in [-0.3, -0.25) is 9.59 Å². The zero-order valence-electron chi connectivity index (χ0n) is 15.4. The fraction of sp³-hybridized carbons (Fsp3) is 0.600. The van der Waals surface area contributed by atoms with Gasteiger partial charge in [0, 0.05) is 44.3 Å². The van der Waals surface area contributed by atoms with E-state index in [1.165, 1.54) is 0 Å². The largest absolute Gasteiger partial charge is 0.385 e. The fourth-order valence-corrected chi connectivity index (χ4v) is 3.47. The van der Waals surface area contributed by atoms with Crippen LogP contribution in [-0.4, -0.2) is 38.6 Å². The van der Waals surface area contributed by atoms with Crippen LogP contribution in [0.2, 0.25) is 0 Å². The molecule has 0 aromatic heterocycles. The van der Waals surface area contributed by atoms with Crippen molar-refractivity contribution < 1.29 is 14.3 Å². The van der Waals surface area contributed by atoms with Crippen LogP contribution >= 0.6 is 0 Å². The predicted molar refractivity (Wildman–Crippen MR) is 99.4 cm³/mol. The van der Waals surface area contributed by atoms with Crippen LogP contribution in [0, 0.1) is 11.8 Å². The van der Waals surface area contributed by atoms with E-state index in [0.717, 1.165) is 37.8 Å². The van der Waals surface area contributed by atoms with E-state index >= 15 is 0 Å². The summed E-state index contributed by atoms with van der Waals surface area (Å²) in [5.41, 5.74) is 0.952. The van der Waals surface area contributed by atoms with Crippen LogP contribution in [0.3, 0.4) is 0 Å². The summed E-state index contributed by atoms with van der Waals surface area (Å²) < 4.78 is 4.99. The van der Waals surface area contributed by atoms with E-state index in [1.54, 1.807) is 7.11 Å². The van der Waals surface area contributed by atoms with E-state index in [9.17, 15) is 9.59 Å². The smallest absolute Gasteiger partial charge is 0.230 e. The molecular weight excluding hydrogens is 316 g/mol. The average molecular weight is 346 g/mol. The van der Waals surface area contributed by atoms with Gasteiger partial charge in [-0.15, -0.1) is 0 Å². The van der Waals surface area contributed by atoms with Gasteiger partial charge in [-0.2, -0.15) is 0 Å². The molecule has 1 fully saturated rings. The lowest BCUT2D eigenvalue weighted by Gasteiger charge is -2.31. The van der Waals surface area contributed by atoms with E-state index in [-0.39, 0.29) is 23.7 Å². The van der Waals surface area contributed by atoms with Gasteiger partial charge in [0.2, 0.25) is 11.8 Å². The molecule has 1 aliphatic carbocycles. The third-order valence-electron chi connectivity index (χ3n) is 4.92. The summed E-state index contributed by atoms with van der Waals surface area (Å²) in [5, 5.41) is 2.98. The number of ether oxygens (including phenoxy) is 1. The minimum absolute atomic E-state index is 0.0256. The van der Waals surface area contributed by atoms with Crippen LogP contribution < -0.4 is 10.2 Å². The van der Waals surface area contributed by atoms with Crippen LogP contribution in [-0.2, 0) is 14.3 Å². The Bertz CT molecular complexity index is 539. The molecule has 1 saturated carbocycles. The number of nitrogens with one attached hydrogen (secondary N) is 1. The highest BCUT2D eigenvalue weighted by atomic mass is 16.5. The molecule has 0 radical (unpaired) electrons. The Kier molecular flexibility index (Phi) is 7.92. The average Bonchev–Trinajstić information content (AvgIpc) is 2.66. The summed E-state index contributed by atoms with van der Waals surface area (Å²) in [7, 11) is 1.66. The molecule has 0 bridgehead atoms. The highest BCUT2D eigenvalue weighted by Gasteiger charge is 2.32. The molecule has 0 aliphatic heterocycles. The SMILES string of the molecule is CCN(C(=O)C1CCC(C(=O)NCCCOC)CC1)c1ccccc1. The van der Waals surface area contributed by atoms with Crippen molar-refractivity contribution in [1.29, 1.82) is 0 Å². The molecule has 1 aliphatic rings. The second kappa shape index (κ2) is 10.2. The predicted octanol–water partition coefficient (Wildman–Crippen LogP) is 3.00. The minimum atomic E-state index is 0.0256. The molecule has 1 aromatic rings. The maximum Gasteiger partial charge on any atom is 0.230 e. The Hall–Kier alpha value is -1.88. The quantitative estimate of drug-likeness (QED) is 0.736. The highest BCUT2D eigenvalue weighted by molar-refractivity contribution is 5.95. The molecular formula is C20H30N2O3. The van der Waals surface area contributed by atoms with Gasteiger partial charge >= 0.3 is 0 Å². The molecule has 2 rings (SSSR count). The first-order chi connectivity index (χ1) is 12.2. The second-order valence-corrected chi connectivity index (χ2v) is 6.60. The Morgan fingerprint density at radius 3 is 2.36 bits per heavy atom. The molecule has 138 valence electrons. The normalized spacial score (nSPS) is 20.1. The molecule has 5 nitrogen and oxygen atoms in total. The summed E-state index contributed by atoms with van der Waals surface area (Å²) in [6, 6.07) is 9.81. The van der Waals surface area contributed by atoms with Gasteiger partial charge in [0.05, 0.1) is 0 Å². The van der Waals surface area contributed by atoms with Gasteiger partial charge in [-0.1, -0.05) is 18.2 Å². The molecule has 0 unspecified atom stereocenters. The first-order valence-corrected chi connectivity index (χ1v) is 9.30. The van der Waals surface area contributed by atoms with Crippen molar-refractivity contribution in [2.45, 2.75) is 39.0 Å². The molecule has 1 N–H and O–H groups in total. The monoisotopic (exact) mass is 346 g/mol. The van der Waals surface area contributed by atoms with E-state index < -0.39 is 0 Å². The lowest BCUT2D eigenvalue weighted by molar-refractivity contribution is -0.129. The summed E-state index contributed by atoms with van der Waals surface area (Å²) >= 11 is 0. The molecule has 5 heteroatoms. The zero-order chi connectivity index (χ0) is 18.1. The number of carbonyl (C=O) groups excluding carboxylic acids is 2. The lowest BCUT2D eigenvalue weighted by Crippen LogP contribution is -2.40. The Morgan fingerprint density at radius 1 is 1.12 bits per heavy atom. The topological polar surface area (TPSA) is 58.6 Å². The number of nitrogens with zero attached hydrogens (tertiary/aromatic N) is 1. The maximum atomic E-state index is 12.9. The third-order valence-corrected chi connectivity index (χ3v) is 4.92. The zero-order valence-corrected chi connectivity index (χ0v) is 15.4. The van der Waals surface area contributed by atoms with Gasteiger partial charge in [0.15, 0.2) is 0 Å². The molecule has 1 aromatic carbocycles. The highest BCUT2D eigenvalue weighted by Crippen LogP contribution is 2.31. The van der Waals surface area contributed by atoms with E-state index in [2.05, 4.69) is 5.32 Å². The summed E-state index contributed by atoms with van der Waals surface area (Å²) in [6.07, 6.45) is 3.99. The summed E-state index contributed by atoms with van der Waals surface area (Å²) in [5.74, 6) is 0.376. The van der Waals surface area contributed by atoms with Gasteiger partial charge < -0.3 is 15.0 Å². The fourth-order valence-electron chi connectivity index (χ4n) is 3.47. The van der Waals surface area contributed by atoms with Crippen molar-refractivity contribution >= 4 is 17.5 Å². The number of benzene rings is 1. The number of rotatable bonds is 8. The number of methoxy groups -OCH3 is 1. The first kappa shape index (κ1) is 19.4. The van der Waals surface area contributed by atoms with Gasteiger partial charge in [0.1, 0.15) is 0 Å². The minimum Gasteiger partial charge on any atom is -0.385 e. The summed E-state index contributed by atoms with van der Waals surface area (Å²) in [6.45, 7) is 3.99. The lowest BCUT2D eigenvalue weighted by atomic mass is 9.81.